The highest BCUT2D eigenvalue weighted by Crippen LogP contribution is 2.23. The molecule has 0 fully saturated rings. The largest absolute Gasteiger partial charge is 0.396 e. The zero-order valence-corrected chi connectivity index (χ0v) is 13.5. The van der Waals surface area contributed by atoms with Gasteiger partial charge < -0.3 is 15.0 Å². The highest BCUT2D eigenvalue weighted by molar-refractivity contribution is 6.31. The molecule has 0 aliphatic heterocycles. The highest BCUT2D eigenvalue weighted by Gasteiger charge is 2.27. The van der Waals surface area contributed by atoms with Crippen molar-refractivity contribution in [2.24, 2.45) is 5.41 Å². The Kier molecular flexibility index (Phi) is 6.08. The molecule has 0 aromatic carbocycles. The molecule has 0 aliphatic rings. The second-order valence-corrected chi connectivity index (χ2v) is 6.58. The molecule has 0 saturated heterocycles. The lowest BCUT2D eigenvalue weighted by atomic mass is 9.85. The average molecular weight is 301 g/mol. The first-order chi connectivity index (χ1) is 9.29. The highest BCUT2D eigenvalue weighted by atomic mass is 35.5. The smallest absolute Gasteiger partial charge is 0.268 e. The molecule has 1 atom stereocenters. The monoisotopic (exact) mass is 300 g/mol. The van der Waals surface area contributed by atoms with Gasteiger partial charge in [-0.25, -0.2) is 0 Å². The summed E-state index contributed by atoms with van der Waals surface area (Å²) in [5, 5.41) is 12.7. The summed E-state index contributed by atoms with van der Waals surface area (Å²) < 4.78 is 1.87. The van der Waals surface area contributed by atoms with E-state index in [0.29, 0.717) is 17.1 Å². The second kappa shape index (κ2) is 7.14. The normalized spacial score (nSPS) is 13.3. The molecule has 1 amide bonds. The number of aliphatic hydroxyl groups excluding tert-OH is 1. The zero-order chi connectivity index (χ0) is 15.3. The molecule has 0 radical (unpaired) electrons. The number of rotatable bonds is 6. The van der Waals surface area contributed by atoms with Crippen LogP contribution in [0.15, 0.2) is 12.3 Å². The minimum absolute atomic E-state index is 0.0545. The molecule has 2 N–H and O–H groups in total. The van der Waals surface area contributed by atoms with Gasteiger partial charge in [-0.1, -0.05) is 39.3 Å². The van der Waals surface area contributed by atoms with Crippen LogP contribution in [0, 0.1) is 5.41 Å². The zero-order valence-electron chi connectivity index (χ0n) is 12.7. The molecule has 1 aromatic heterocycles. The van der Waals surface area contributed by atoms with Gasteiger partial charge in [0.15, 0.2) is 0 Å². The Hall–Kier alpha value is -1.00. The van der Waals surface area contributed by atoms with Crippen molar-refractivity contribution in [2.75, 3.05) is 6.61 Å². The van der Waals surface area contributed by atoms with Crippen molar-refractivity contribution in [3.8, 4) is 0 Å². The van der Waals surface area contributed by atoms with Gasteiger partial charge in [-0.2, -0.15) is 0 Å². The molecule has 1 rings (SSSR count). The number of carbonyl (C=O) groups excluding carboxylic acids is 1. The molecule has 1 heterocycles. The summed E-state index contributed by atoms with van der Waals surface area (Å²) in [6.45, 7) is 9.01. The first-order valence-corrected chi connectivity index (χ1v) is 7.44. The number of hydrogen-bond acceptors (Lipinski definition) is 2. The molecule has 20 heavy (non-hydrogen) atoms. The SMILES string of the molecule is CCCn1cc(Cl)cc1C(=O)NC(CCO)C(C)(C)C. The lowest BCUT2D eigenvalue weighted by molar-refractivity contribution is 0.0875. The summed E-state index contributed by atoms with van der Waals surface area (Å²) in [5.41, 5.74) is 0.466. The van der Waals surface area contributed by atoms with E-state index in [-0.39, 0.29) is 24.0 Å². The third-order valence-corrected chi connectivity index (χ3v) is 3.54. The number of carbonyl (C=O) groups is 1. The van der Waals surface area contributed by atoms with Gasteiger partial charge in [0, 0.05) is 25.4 Å². The Morgan fingerprint density at radius 1 is 1.50 bits per heavy atom. The Bertz CT molecular complexity index is 449. The number of nitrogens with one attached hydrogen (secondary N) is 1. The number of aromatic nitrogens is 1. The van der Waals surface area contributed by atoms with Gasteiger partial charge in [-0.05, 0) is 24.3 Å². The van der Waals surface area contributed by atoms with Crippen LogP contribution in [0.5, 0.6) is 0 Å². The Morgan fingerprint density at radius 2 is 2.15 bits per heavy atom. The maximum absolute atomic E-state index is 12.4. The number of aryl methyl sites for hydroxylation is 1. The van der Waals surface area contributed by atoms with Crippen LogP contribution < -0.4 is 5.32 Å². The molecule has 0 spiro atoms. The lowest BCUT2D eigenvalue weighted by Crippen LogP contribution is -2.44. The van der Waals surface area contributed by atoms with Gasteiger partial charge in [0.05, 0.1) is 5.02 Å². The summed E-state index contributed by atoms with van der Waals surface area (Å²) >= 11 is 5.99. The molecular weight excluding hydrogens is 276 g/mol. The fraction of sp³-hybridized carbons (Fsp3) is 0.667. The minimum Gasteiger partial charge on any atom is -0.396 e. The minimum atomic E-state index is -0.140. The molecule has 5 heteroatoms. The Balaban J connectivity index is 2.88. The van der Waals surface area contributed by atoms with E-state index in [0.717, 1.165) is 13.0 Å². The average Bonchev–Trinajstić information content (AvgIpc) is 2.69. The van der Waals surface area contributed by atoms with E-state index >= 15 is 0 Å². The maximum atomic E-state index is 12.4. The van der Waals surface area contributed by atoms with Crippen molar-refractivity contribution in [1.29, 1.82) is 0 Å². The van der Waals surface area contributed by atoms with E-state index in [1.807, 2.05) is 25.3 Å². The second-order valence-electron chi connectivity index (χ2n) is 6.14. The van der Waals surface area contributed by atoms with Crippen LogP contribution in [0.1, 0.15) is 51.0 Å². The molecule has 1 unspecified atom stereocenters. The van der Waals surface area contributed by atoms with Crippen molar-refractivity contribution in [3.63, 3.8) is 0 Å². The van der Waals surface area contributed by atoms with Gasteiger partial charge in [-0.3, -0.25) is 4.79 Å². The summed E-state index contributed by atoms with van der Waals surface area (Å²) in [7, 11) is 0. The molecule has 0 aliphatic carbocycles. The van der Waals surface area contributed by atoms with Crippen molar-refractivity contribution >= 4 is 17.5 Å². The standard InChI is InChI=1S/C15H25ClN2O2/c1-5-7-18-10-11(16)9-12(18)14(20)17-13(6-8-19)15(2,3)4/h9-10,13,19H,5-8H2,1-4H3,(H,17,20). The third-order valence-electron chi connectivity index (χ3n) is 3.33. The summed E-state index contributed by atoms with van der Waals surface area (Å²) in [5.74, 6) is -0.140. The first kappa shape index (κ1) is 17.1. The molecule has 4 nitrogen and oxygen atoms in total. The van der Waals surface area contributed by atoms with Gasteiger partial charge in [0.2, 0.25) is 0 Å². The lowest BCUT2D eigenvalue weighted by Gasteiger charge is -2.31. The number of halogens is 1. The molecule has 114 valence electrons. The van der Waals surface area contributed by atoms with Crippen LogP contribution in [0.3, 0.4) is 0 Å². The predicted octanol–water partition coefficient (Wildman–Crippen LogP) is 3.08. The third kappa shape index (κ3) is 4.53. The fourth-order valence-corrected chi connectivity index (χ4v) is 2.40. The van der Waals surface area contributed by atoms with Gasteiger partial charge in [-0.15, -0.1) is 0 Å². The quantitative estimate of drug-likeness (QED) is 0.848. The van der Waals surface area contributed by atoms with Crippen molar-refractivity contribution in [2.45, 2.75) is 53.1 Å². The maximum Gasteiger partial charge on any atom is 0.268 e. The van der Waals surface area contributed by atoms with E-state index < -0.39 is 0 Å². The molecule has 0 saturated carbocycles. The molecule has 1 aromatic rings. The Morgan fingerprint density at radius 3 is 2.65 bits per heavy atom. The number of nitrogens with zero attached hydrogens (tertiary/aromatic N) is 1. The number of hydrogen-bond donors (Lipinski definition) is 2. The van der Waals surface area contributed by atoms with Crippen LogP contribution >= 0.6 is 11.6 Å². The summed E-state index contributed by atoms with van der Waals surface area (Å²) in [6.07, 6.45) is 3.25. The van der Waals surface area contributed by atoms with E-state index in [1.165, 1.54) is 0 Å². The van der Waals surface area contributed by atoms with E-state index in [9.17, 15) is 4.79 Å². The molecule has 0 bridgehead atoms. The van der Waals surface area contributed by atoms with Gasteiger partial charge in [0.1, 0.15) is 5.69 Å². The van der Waals surface area contributed by atoms with Crippen molar-refractivity contribution < 1.29 is 9.90 Å². The van der Waals surface area contributed by atoms with Crippen molar-refractivity contribution in [3.05, 3.63) is 23.0 Å². The van der Waals surface area contributed by atoms with Crippen LogP contribution in [-0.4, -0.2) is 28.2 Å². The van der Waals surface area contributed by atoms with Gasteiger partial charge in [0.25, 0.3) is 5.91 Å². The Labute approximate surface area is 126 Å². The first-order valence-electron chi connectivity index (χ1n) is 7.07. The van der Waals surface area contributed by atoms with Crippen LogP contribution in [0.4, 0.5) is 0 Å². The van der Waals surface area contributed by atoms with Crippen molar-refractivity contribution in [1.82, 2.24) is 9.88 Å². The molecular formula is C15H25ClN2O2. The predicted molar refractivity (Wildman–Crippen MR) is 82.1 cm³/mol. The topological polar surface area (TPSA) is 54.3 Å². The van der Waals surface area contributed by atoms with Gasteiger partial charge >= 0.3 is 0 Å². The summed E-state index contributed by atoms with van der Waals surface area (Å²) in [4.78, 5) is 12.4. The van der Waals surface area contributed by atoms with E-state index in [2.05, 4.69) is 12.2 Å². The fourth-order valence-electron chi connectivity index (χ4n) is 2.17. The van der Waals surface area contributed by atoms with Crippen LogP contribution in [-0.2, 0) is 6.54 Å². The van der Waals surface area contributed by atoms with Crippen LogP contribution in [0.25, 0.3) is 0 Å². The number of amides is 1. The van der Waals surface area contributed by atoms with E-state index in [1.54, 1.807) is 12.3 Å². The number of aliphatic hydroxyl groups is 1. The van der Waals surface area contributed by atoms with E-state index in [4.69, 9.17) is 16.7 Å². The van der Waals surface area contributed by atoms with Crippen LogP contribution in [0.2, 0.25) is 5.02 Å². The summed E-state index contributed by atoms with van der Waals surface area (Å²) in [6, 6.07) is 1.61.